The third kappa shape index (κ3) is 2.06. The number of ether oxygens (including phenoxy) is 1. The van der Waals surface area contributed by atoms with E-state index in [4.69, 9.17) is 17.0 Å². The van der Waals surface area contributed by atoms with Crippen LogP contribution in [0, 0.1) is 11.7 Å². The number of hydrogen-bond donors (Lipinski definition) is 1. The molecule has 0 bridgehead atoms. The maximum Gasteiger partial charge on any atom is 0.423 e. The van der Waals surface area contributed by atoms with Gasteiger partial charge in [-0.15, -0.1) is 0 Å². The minimum atomic E-state index is -0.758. The number of carbonyl (C=O) groups excluding carboxylic acids is 1. The third-order valence-corrected chi connectivity index (χ3v) is 2.79. The van der Waals surface area contributed by atoms with E-state index in [1.165, 1.54) is 0 Å². The molecule has 0 aliphatic heterocycles. The molecule has 6 heteroatoms. The van der Waals surface area contributed by atoms with E-state index in [0.29, 0.717) is 10.9 Å². The van der Waals surface area contributed by atoms with Gasteiger partial charge in [-0.25, -0.2) is 4.79 Å². The number of hydrogen-bond acceptors (Lipinski definition) is 4. The second-order valence-corrected chi connectivity index (χ2v) is 4.21. The van der Waals surface area contributed by atoms with Crippen LogP contribution in [0.4, 0.5) is 4.79 Å². The molecule has 0 atom stereocenters. The molecule has 1 N–H and O–H groups in total. The van der Waals surface area contributed by atoms with Crippen LogP contribution >= 0.6 is 12.2 Å². The van der Waals surface area contributed by atoms with E-state index in [0.717, 1.165) is 10.1 Å². The molecule has 0 saturated heterocycles. The summed E-state index contributed by atoms with van der Waals surface area (Å²) in [7, 11) is 0. The molecule has 94 valence electrons. The zero-order chi connectivity index (χ0) is 13.3. The second kappa shape index (κ2) is 4.73. The van der Waals surface area contributed by atoms with Crippen LogP contribution in [0.15, 0.2) is 23.0 Å². The fourth-order valence-electron chi connectivity index (χ4n) is 1.69. The molecular weight excluding hydrogens is 252 g/mol. The monoisotopic (exact) mass is 264 g/mol. The number of aryl methyl sites for hydroxylation is 1. The Kier molecular flexibility index (Phi) is 3.29. The largest absolute Gasteiger partial charge is 0.449 e. The number of aromatic amines is 1. The average Bonchev–Trinajstić information content (AvgIpc) is 2.28. The Hall–Kier alpha value is -1.95. The van der Waals surface area contributed by atoms with Crippen LogP contribution in [0.1, 0.15) is 12.5 Å². The number of nitrogens with one attached hydrogen (secondary N) is 1. The van der Waals surface area contributed by atoms with E-state index in [1.54, 1.807) is 19.1 Å². The lowest BCUT2D eigenvalue weighted by Gasteiger charge is -2.06. The normalized spacial score (nSPS) is 10.6. The van der Waals surface area contributed by atoms with E-state index >= 15 is 0 Å². The molecule has 0 saturated carbocycles. The van der Waals surface area contributed by atoms with Gasteiger partial charge in [0.1, 0.15) is 0 Å². The van der Waals surface area contributed by atoms with Gasteiger partial charge >= 0.3 is 6.09 Å². The summed E-state index contributed by atoms with van der Waals surface area (Å²) < 4.78 is 5.67. The summed E-state index contributed by atoms with van der Waals surface area (Å²) in [6.45, 7) is 3.76. The average molecular weight is 264 g/mol. The first kappa shape index (κ1) is 12.5. The van der Waals surface area contributed by atoms with E-state index < -0.39 is 11.7 Å². The standard InChI is InChI=1S/C12H12N2O3S/c1-3-17-12(16)14-10(15)8-5-4-7(2)6-9(8)13-11(14)18/h4-6H,3H2,1-2H3,(H,13,18). The number of nitrogens with zero attached hydrogens (tertiary/aromatic N) is 1. The molecule has 2 rings (SSSR count). The van der Waals surface area contributed by atoms with Crippen molar-refractivity contribution in [1.82, 2.24) is 9.55 Å². The van der Waals surface area contributed by atoms with E-state index in [-0.39, 0.29) is 11.4 Å². The molecule has 1 heterocycles. The van der Waals surface area contributed by atoms with Gasteiger partial charge in [0.05, 0.1) is 17.5 Å². The minimum absolute atomic E-state index is 0.0385. The lowest BCUT2D eigenvalue weighted by atomic mass is 10.2. The lowest BCUT2D eigenvalue weighted by molar-refractivity contribution is 0.152. The molecule has 0 amide bonds. The fourth-order valence-corrected chi connectivity index (χ4v) is 1.95. The maximum atomic E-state index is 12.2. The molecule has 0 fully saturated rings. The second-order valence-electron chi connectivity index (χ2n) is 3.82. The van der Waals surface area contributed by atoms with Gasteiger partial charge in [0.25, 0.3) is 5.56 Å². The summed E-state index contributed by atoms with van der Waals surface area (Å²) in [6.07, 6.45) is -0.758. The first-order chi connectivity index (χ1) is 8.54. The van der Waals surface area contributed by atoms with Crippen LogP contribution < -0.4 is 5.56 Å². The Morgan fingerprint density at radius 1 is 1.50 bits per heavy atom. The predicted molar refractivity (Wildman–Crippen MR) is 70.5 cm³/mol. The van der Waals surface area contributed by atoms with Crippen LogP contribution in [-0.2, 0) is 4.74 Å². The van der Waals surface area contributed by atoms with Crippen molar-refractivity contribution in [1.29, 1.82) is 0 Å². The van der Waals surface area contributed by atoms with Crippen molar-refractivity contribution in [3.8, 4) is 0 Å². The van der Waals surface area contributed by atoms with Gasteiger partial charge in [-0.2, -0.15) is 4.57 Å². The zero-order valence-electron chi connectivity index (χ0n) is 10.0. The molecule has 0 aliphatic carbocycles. The van der Waals surface area contributed by atoms with Crippen molar-refractivity contribution < 1.29 is 9.53 Å². The maximum absolute atomic E-state index is 12.2. The molecule has 0 unspecified atom stereocenters. The lowest BCUT2D eigenvalue weighted by Crippen LogP contribution is -2.29. The number of benzene rings is 1. The molecule has 1 aromatic carbocycles. The quantitative estimate of drug-likeness (QED) is 0.803. The van der Waals surface area contributed by atoms with Crippen LogP contribution in [-0.4, -0.2) is 22.3 Å². The smallest absolute Gasteiger partial charge is 0.423 e. The highest BCUT2D eigenvalue weighted by Crippen LogP contribution is 2.09. The topological polar surface area (TPSA) is 64.1 Å². The minimum Gasteiger partial charge on any atom is -0.449 e. The van der Waals surface area contributed by atoms with Crippen molar-refractivity contribution in [2.45, 2.75) is 13.8 Å². The van der Waals surface area contributed by atoms with E-state index in [1.807, 2.05) is 13.0 Å². The summed E-state index contributed by atoms with van der Waals surface area (Å²) in [6, 6.07) is 5.27. The summed E-state index contributed by atoms with van der Waals surface area (Å²) in [5.74, 6) is 0. The number of carbonyl (C=O) groups is 1. The molecule has 0 aliphatic rings. The van der Waals surface area contributed by atoms with Crippen molar-refractivity contribution in [2.24, 2.45) is 0 Å². The number of H-pyrrole nitrogens is 1. The van der Waals surface area contributed by atoms with Crippen molar-refractivity contribution >= 4 is 29.2 Å². The molecule has 18 heavy (non-hydrogen) atoms. The van der Waals surface area contributed by atoms with Gasteiger partial charge in [0, 0.05) is 0 Å². The van der Waals surface area contributed by atoms with Crippen LogP contribution in [0.2, 0.25) is 0 Å². The summed E-state index contributed by atoms with van der Waals surface area (Å²) in [5, 5.41) is 0.405. The highest BCUT2D eigenvalue weighted by Gasteiger charge is 2.13. The molecule has 1 aromatic heterocycles. The summed E-state index contributed by atoms with van der Waals surface area (Å²) >= 11 is 5.01. The number of aromatic nitrogens is 2. The van der Waals surface area contributed by atoms with Crippen LogP contribution in [0.5, 0.6) is 0 Å². The highest BCUT2D eigenvalue weighted by molar-refractivity contribution is 7.71. The Labute approximate surface area is 108 Å². The van der Waals surface area contributed by atoms with Gasteiger partial charge < -0.3 is 9.72 Å². The summed E-state index contributed by atoms with van der Waals surface area (Å²) in [4.78, 5) is 26.7. The molecule has 0 radical (unpaired) electrons. The Morgan fingerprint density at radius 3 is 2.89 bits per heavy atom. The van der Waals surface area contributed by atoms with Crippen molar-refractivity contribution in [3.05, 3.63) is 38.9 Å². The van der Waals surface area contributed by atoms with E-state index in [9.17, 15) is 9.59 Å². The molecule has 2 aromatic rings. The van der Waals surface area contributed by atoms with Crippen molar-refractivity contribution in [2.75, 3.05) is 6.61 Å². The number of fused-ring (bicyclic) bond motifs is 1. The highest BCUT2D eigenvalue weighted by atomic mass is 32.1. The number of rotatable bonds is 1. The van der Waals surface area contributed by atoms with E-state index in [2.05, 4.69) is 4.98 Å². The van der Waals surface area contributed by atoms with Gasteiger partial charge in [0.15, 0.2) is 4.77 Å². The third-order valence-electron chi connectivity index (χ3n) is 2.50. The van der Waals surface area contributed by atoms with Gasteiger partial charge in [-0.1, -0.05) is 6.07 Å². The first-order valence-corrected chi connectivity index (χ1v) is 5.88. The zero-order valence-corrected chi connectivity index (χ0v) is 10.8. The Balaban J connectivity index is 2.78. The Morgan fingerprint density at radius 2 is 2.22 bits per heavy atom. The van der Waals surface area contributed by atoms with Gasteiger partial charge in [-0.3, -0.25) is 4.79 Å². The van der Waals surface area contributed by atoms with Crippen molar-refractivity contribution in [3.63, 3.8) is 0 Å². The van der Waals surface area contributed by atoms with Gasteiger partial charge in [-0.05, 0) is 43.8 Å². The fraction of sp³-hybridized carbons (Fsp3) is 0.250. The molecule has 5 nitrogen and oxygen atoms in total. The SMILES string of the molecule is CCOC(=O)n1c(=S)[nH]c2cc(C)ccc2c1=O. The first-order valence-electron chi connectivity index (χ1n) is 5.47. The van der Waals surface area contributed by atoms with Gasteiger partial charge in [0.2, 0.25) is 0 Å². The predicted octanol–water partition coefficient (Wildman–Crippen LogP) is 2.37. The summed E-state index contributed by atoms with van der Waals surface area (Å²) in [5.41, 5.74) is 1.15. The molecular formula is C12H12N2O3S. The van der Waals surface area contributed by atoms with Crippen LogP contribution in [0.3, 0.4) is 0 Å². The molecule has 0 spiro atoms. The van der Waals surface area contributed by atoms with Crippen LogP contribution in [0.25, 0.3) is 10.9 Å². The Bertz CT molecular complexity index is 730.